The van der Waals surface area contributed by atoms with Gasteiger partial charge in [0.25, 0.3) is 11.8 Å². The molecule has 1 atom stereocenters. The number of carbonyl (C=O) groups excluding carboxylic acids is 3. The second-order valence-corrected chi connectivity index (χ2v) is 8.08. The van der Waals surface area contributed by atoms with Gasteiger partial charge in [-0.15, -0.1) is 0 Å². The summed E-state index contributed by atoms with van der Waals surface area (Å²) in [6, 6.07) is 19.2. The van der Waals surface area contributed by atoms with Crippen molar-refractivity contribution in [3.63, 3.8) is 0 Å². The summed E-state index contributed by atoms with van der Waals surface area (Å²) in [6.07, 6.45) is 3.36. The zero-order valence-electron chi connectivity index (χ0n) is 18.4. The molecule has 4 amide bonds. The Labute approximate surface area is 192 Å². The summed E-state index contributed by atoms with van der Waals surface area (Å²) in [5.74, 6) is -0.732. The second kappa shape index (κ2) is 9.60. The minimum Gasteiger partial charge on any atom is -0.374 e. The number of rotatable bonds is 8. The number of nitrogens with one attached hydrogen (secondary N) is 5. The fourth-order valence-corrected chi connectivity index (χ4v) is 4.22. The van der Waals surface area contributed by atoms with E-state index in [4.69, 9.17) is 0 Å². The highest BCUT2D eigenvalue weighted by Gasteiger charge is 2.44. The Hall–Kier alpha value is -4.07. The van der Waals surface area contributed by atoms with Gasteiger partial charge in [0, 0.05) is 42.7 Å². The molecule has 1 unspecified atom stereocenters. The molecule has 0 aromatic heterocycles. The number of hydrogen-bond acceptors (Lipinski definition) is 5. The molecule has 170 valence electrons. The molecule has 8 heteroatoms. The zero-order valence-corrected chi connectivity index (χ0v) is 18.4. The molecule has 0 saturated carbocycles. The number of urea groups is 1. The van der Waals surface area contributed by atoms with Crippen molar-refractivity contribution in [3.8, 4) is 0 Å². The number of benzene rings is 2. The van der Waals surface area contributed by atoms with Crippen LogP contribution in [-0.4, -0.2) is 37.0 Å². The molecule has 5 N–H and O–H groups in total. The van der Waals surface area contributed by atoms with Crippen molar-refractivity contribution < 1.29 is 14.4 Å². The maximum absolute atomic E-state index is 12.5. The predicted molar refractivity (Wildman–Crippen MR) is 127 cm³/mol. The van der Waals surface area contributed by atoms with Crippen molar-refractivity contribution in [2.45, 2.75) is 24.8 Å². The Morgan fingerprint density at radius 2 is 1.64 bits per heavy atom. The monoisotopic (exact) mass is 445 g/mol. The van der Waals surface area contributed by atoms with Crippen molar-refractivity contribution in [1.82, 2.24) is 16.0 Å². The van der Waals surface area contributed by atoms with E-state index in [1.54, 1.807) is 13.1 Å². The average molecular weight is 446 g/mol. The third kappa shape index (κ3) is 4.90. The van der Waals surface area contributed by atoms with Crippen LogP contribution in [0.1, 0.15) is 19.3 Å². The lowest BCUT2D eigenvalue weighted by Crippen LogP contribution is -2.46. The number of hydrogen-bond donors (Lipinski definition) is 5. The molecule has 0 radical (unpaired) electrons. The summed E-state index contributed by atoms with van der Waals surface area (Å²) in [6.45, 7) is 0.466. The normalized spacial score (nSPS) is 19.4. The van der Waals surface area contributed by atoms with E-state index in [1.807, 2.05) is 60.7 Å². The van der Waals surface area contributed by atoms with Crippen LogP contribution < -0.4 is 26.6 Å². The molecule has 0 spiro atoms. The molecule has 1 aliphatic heterocycles. The van der Waals surface area contributed by atoms with Crippen LogP contribution in [-0.2, 0) is 9.59 Å². The molecule has 8 nitrogen and oxygen atoms in total. The zero-order chi connectivity index (χ0) is 23.3. The van der Waals surface area contributed by atoms with Gasteiger partial charge < -0.3 is 21.3 Å². The fraction of sp³-hybridized carbons (Fsp3) is 0.240. The molecule has 0 bridgehead atoms. The van der Waals surface area contributed by atoms with Gasteiger partial charge in [-0.2, -0.15) is 0 Å². The lowest BCUT2D eigenvalue weighted by atomic mass is 9.77. The summed E-state index contributed by atoms with van der Waals surface area (Å²) in [7, 11) is 1.57. The highest BCUT2D eigenvalue weighted by Crippen LogP contribution is 2.41. The van der Waals surface area contributed by atoms with Crippen LogP contribution in [0.2, 0.25) is 0 Å². The first-order valence-corrected chi connectivity index (χ1v) is 10.9. The van der Waals surface area contributed by atoms with Crippen LogP contribution in [0.4, 0.5) is 16.2 Å². The van der Waals surface area contributed by atoms with Crippen molar-refractivity contribution in [1.29, 1.82) is 0 Å². The van der Waals surface area contributed by atoms with Crippen LogP contribution in [0.5, 0.6) is 0 Å². The van der Waals surface area contributed by atoms with Gasteiger partial charge >= 0.3 is 6.03 Å². The van der Waals surface area contributed by atoms with E-state index in [9.17, 15) is 14.4 Å². The first kappa shape index (κ1) is 22.1. The van der Waals surface area contributed by atoms with Gasteiger partial charge in [-0.05, 0) is 43.2 Å². The van der Waals surface area contributed by atoms with Crippen molar-refractivity contribution in [3.05, 3.63) is 83.6 Å². The molecule has 1 heterocycles. The van der Waals surface area contributed by atoms with E-state index in [1.165, 1.54) is 0 Å². The summed E-state index contributed by atoms with van der Waals surface area (Å²) < 4.78 is 0. The molecule has 2 aromatic carbocycles. The topological polar surface area (TPSA) is 111 Å². The van der Waals surface area contributed by atoms with Crippen LogP contribution in [0, 0.1) is 0 Å². The number of anilines is 2. The van der Waals surface area contributed by atoms with Gasteiger partial charge in [0.15, 0.2) is 0 Å². The Kier molecular flexibility index (Phi) is 6.44. The smallest absolute Gasteiger partial charge is 0.314 e. The molecule has 2 aliphatic rings. The number of imide groups is 1. The lowest BCUT2D eigenvalue weighted by Gasteiger charge is -2.41. The first-order valence-electron chi connectivity index (χ1n) is 10.9. The maximum atomic E-state index is 12.5. The van der Waals surface area contributed by atoms with E-state index >= 15 is 0 Å². The van der Waals surface area contributed by atoms with Crippen LogP contribution in [0.25, 0.3) is 0 Å². The van der Waals surface area contributed by atoms with Gasteiger partial charge in [-0.25, -0.2) is 4.79 Å². The number of amides is 4. The fourth-order valence-electron chi connectivity index (χ4n) is 4.22. The average Bonchev–Trinajstić information content (AvgIpc) is 3.10. The van der Waals surface area contributed by atoms with E-state index in [0.717, 1.165) is 17.1 Å². The van der Waals surface area contributed by atoms with E-state index in [-0.39, 0.29) is 17.8 Å². The van der Waals surface area contributed by atoms with Gasteiger partial charge in [-0.3, -0.25) is 14.9 Å². The largest absolute Gasteiger partial charge is 0.374 e. The lowest BCUT2D eigenvalue weighted by molar-refractivity contribution is -0.124. The van der Waals surface area contributed by atoms with Gasteiger partial charge in [0.1, 0.15) is 0 Å². The summed E-state index contributed by atoms with van der Waals surface area (Å²) in [5, 5.41) is 14.9. The summed E-state index contributed by atoms with van der Waals surface area (Å²) in [4.78, 5) is 36.6. The summed E-state index contributed by atoms with van der Waals surface area (Å²) >= 11 is 0. The van der Waals surface area contributed by atoms with E-state index < -0.39 is 5.54 Å². The second-order valence-electron chi connectivity index (χ2n) is 8.08. The molecule has 2 aromatic rings. The molecule has 4 rings (SSSR count). The van der Waals surface area contributed by atoms with Gasteiger partial charge in [0.05, 0.1) is 11.1 Å². The maximum Gasteiger partial charge on any atom is 0.314 e. The molecular weight excluding hydrogens is 418 g/mol. The third-order valence-corrected chi connectivity index (χ3v) is 5.86. The Balaban J connectivity index is 1.71. The molecule has 0 fully saturated rings. The van der Waals surface area contributed by atoms with E-state index in [2.05, 4.69) is 26.6 Å². The third-order valence-electron chi connectivity index (χ3n) is 5.86. The minimum absolute atomic E-state index is 0.243. The van der Waals surface area contributed by atoms with Gasteiger partial charge in [-0.1, -0.05) is 36.4 Å². The van der Waals surface area contributed by atoms with Crippen LogP contribution >= 0.6 is 0 Å². The van der Waals surface area contributed by atoms with Crippen molar-refractivity contribution >= 4 is 29.2 Å². The van der Waals surface area contributed by atoms with Crippen LogP contribution in [0.15, 0.2) is 83.6 Å². The van der Waals surface area contributed by atoms with Gasteiger partial charge in [0.2, 0.25) is 0 Å². The van der Waals surface area contributed by atoms with E-state index in [0.29, 0.717) is 37.0 Å². The highest BCUT2D eigenvalue weighted by atomic mass is 16.2. The Morgan fingerprint density at radius 1 is 0.970 bits per heavy atom. The highest BCUT2D eigenvalue weighted by molar-refractivity contribution is 6.21. The SMILES string of the molecule is CNC(=O)NCCCC1(Nc2ccccc2)CC2=C(C=C1Nc1ccccc1)C(=O)NC2=O. The quantitative estimate of drug-likeness (QED) is 0.317. The molecule has 33 heavy (non-hydrogen) atoms. The first-order chi connectivity index (χ1) is 16.0. The van der Waals surface area contributed by atoms with Crippen molar-refractivity contribution in [2.24, 2.45) is 0 Å². The number of carbonyl (C=O) groups is 3. The molecular formula is C25H27N5O3. The van der Waals surface area contributed by atoms with Crippen LogP contribution in [0.3, 0.4) is 0 Å². The van der Waals surface area contributed by atoms with Crippen molar-refractivity contribution in [2.75, 3.05) is 24.2 Å². The summed E-state index contributed by atoms with van der Waals surface area (Å²) in [5.41, 5.74) is 2.74. The number of para-hydroxylation sites is 2. The Bertz CT molecular complexity index is 1110. The standard InChI is InChI=1S/C25H27N5O3/c1-26-24(33)27-14-8-13-25(30-18-11-6-3-7-12-18)16-20-19(22(31)29-23(20)32)15-21(25)28-17-9-4-2-5-10-17/h2-7,9-12,15,28,30H,8,13-14,16H2,1H3,(H2,26,27,33)(H,29,31,32). The predicted octanol–water partition coefficient (Wildman–Crippen LogP) is 2.90. The Morgan fingerprint density at radius 3 is 2.30 bits per heavy atom. The molecule has 0 saturated heterocycles. The molecule has 1 aliphatic carbocycles. The minimum atomic E-state index is -0.692.